The van der Waals surface area contributed by atoms with E-state index in [4.69, 9.17) is 31.2 Å². The van der Waals surface area contributed by atoms with Crippen molar-refractivity contribution in [3.63, 3.8) is 0 Å². The molecule has 0 bridgehead atoms. The third-order valence-electron chi connectivity index (χ3n) is 5.13. The van der Waals surface area contributed by atoms with Gasteiger partial charge in [0.15, 0.2) is 0 Å². The molecule has 0 saturated carbocycles. The summed E-state index contributed by atoms with van der Waals surface area (Å²) in [7, 11) is 0. The van der Waals surface area contributed by atoms with Crippen LogP contribution < -0.4 is 10.2 Å². The molecule has 3 rings (SSSR count). The minimum atomic E-state index is -0.404. The molecule has 1 atom stereocenters. The number of allylic oxidation sites excluding steroid dienone is 4. The summed E-state index contributed by atoms with van der Waals surface area (Å²) in [6.45, 7) is 2.57. The van der Waals surface area contributed by atoms with Crippen LogP contribution in [0.25, 0.3) is 0 Å². The molecule has 1 amide bonds. The average molecular weight is 481 g/mol. The summed E-state index contributed by atoms with van der Waals surface area (Å²) in [5, 5.41) is 19.4. The first-order valence-electron chi connectivity index (χ1n) is 10.7. The van der Waals surface area contributed by atoms with Crippen LogP contribution in [0.2, 0.25) is 5.02 Å². The van der Waals surface area contributed by atoms with Crippen LogP contribution >= 0.6 is 11.6 Å². The van der Waals surface area contributed by atoms with Gasteiger partial charge in [-0.05, 0) is 60.9 Å². The lowest BCUT2D eigenvalue weighted by Gasteiger charge is -2.27. The van der Waals surface area contributed by atoms with Gasteiger partial charge in [-0.15, -0.1) is 0 Å². The minimum absolute atomic E-state index is 0.0193. The van der Waals surface area contributed by atoms with Gasteiger partial charge >= 0.3 is 0 Å². The van der Waals surface area contributed by atoms with E-state index in [0.29, 0.717) is 28.7 Å². The van der Waals surface area contributed by atoms with Crippen molar-refractivity contribution in [2.24, 2.45) is 5.92 Å². The highest BCUT2D eigenvalue weighted by Crippen LogP contribution is 2.30. The van der Waals surface area contributed by atoms with E-state index < -0.39 is 5.91 Å². The number of carbonyl (C=O) groups is 1. The monoisotopic (exact) mass is 480 g/mol. The molecule has 1 unspecified atom stereocenters. The molecule has 0 radical (unpaired) electrons. The van der Waals surface area contributed by atoms with Gasteiger partial charge in [-0.25, -0.2) is 5.48 Å². The van der Waals surface area contributed by atoms with E-state index in [2.05, 4.69) is 5.48 Å². The molecule has 34 heavy (non-hydrogen) atoms. The van der Waals surface area contributed by atoms with Gasteiger partial charge < -0.3 is 14.6 Å². The number of rotatable bonds is 8. The Labute approximate surface area is 203 Å². The number of hydroxylamine groups is 1. The number of aliphatic hydroxyl groups excluding tert-OH is 1. The Morgan fingerprint density at radius 3 is 2.65 bits per heavy atom. The van der Waals surface area contributed by atoms with Crippen molar-refractivity contribution in [3.05, 3.63) is 100.0 Å². The normalized spacial score (nSPS) is 18.3. The molecule has 1 aliphatic rings. The molecular formula is C26H25ClN2O5. The lowest BCUT2D eigenvalue weighted by atomic mass is 9.92. The summed E-state index contributed by atoms with van der Waals surface area (Å²) in [5.74, 6) is 0.849. The summed E-state index contributed by atoms with van der Waals surface area (Å²) in [4.78, 5) is 17.6. The number of nitrogens with one attached hydrogen (secondary N) is 1. The van der Waals surface area contributed by atoms with Crippen LogP contribution in [0.1, 0.15) is 29.3 Å². The molecule has 1 aliphatic heterocycles. The van der Waals surface area contributed by atoms with E-state index in [1.165, 1.54) is 6.08 Å². The minimum Gasteiger partial charge on any atom is -0.493 e. The molecule has 0 aliphatic carbocycles. The zero-order valence-corrected chi connectivity index (χ0v) is 19.4. The Hall–Kier alpha value is -3.57. The third kappa shape index (κ3) is 6.96. The van der Waals surface area contributed by atoms with Crippen LogP contribution in [0.5, 0.6) is 5.75 Å². The molecule has 2 aromatic rings. The first-order chi connectivity index (χ1) is 16.5. The quantitative estimate of drug-likeness (QED) is 0.318. The Morgan fingerprint density at radius 2 is 2.00 bits per heavy atom. The number of halogens is 1. The van der Waals surface area contributed by atoms with Gasteiger partial charge in [0.05, 0.1) is 32.0 Å². The SMILES string of the molecule is CC=C1/C(=C\C(=C\C#N)Oc2ccc(C(=O)NOCc3ccc(Cl)cc3)cc2)OCCC1CO. The predicted molar refractivity (Wildman–Crippen MR) is 127 cm³/mol. The molecule has 2 N–H and O–H groups in total. The lowest BCUT2D eigenvalue weighted by molar-refractivity contribution is 0.0233. The van der Waals surface area contributed by atoms with Crippen molar-refractivity contribution in [1.82, 2.24) is 5.48 Å². The Kier molecular flexibility index (Phi) is 9.30. The Bertz CT molecular complexity index is 1120. The summed E-state index contributed by atoms with van der Waals surface area (Å²) < 4.78 is 11.6. The number of nitriles is 1. The molecular weight excluding hydrogens is 456 g/mol. The van der Waals surface area contributed by atoms with E-state index in [1.54, 1.807) is 42.5 Å². The van der Waals surface area contributed by atoms with Gasteiger partial charge in [-0.1, -0.05) is 29.8 Å². The smallest absolute Gasteiger partial charge is 0.274 e. The van der Waals surface area contributed by atoms with Gasteiger partial charge in [0.25, 0.3) is 5.91 Å². The van der Waals surface area contributed by atoms with Crippen molar-refractivity contribution in [2.75, 3.05) is 13.2 Å². The standard InChI is InChI=1S/C26H25ClN2O5/c1-2-24-20(16-30)12-14-32-25(24)15-23(11-13-28)34-22-9-5-19(6-10-22)26(31)29-33-17-18-3-7-21(27)8-4-18/h2-11,15,20,30H,12,14,16-17H2,1H3,(H,29,31)/b23-11-,24-2?,25-15+. The van der Waals surface area contributed by atoms with E-state index in [0.717, 1.165) is 17.6 Å². The third-order valence-corrected chi connectivity index (χ3v) is 5.38. The zero-order chi connectivity index (χ0) is 24.3. The number of benzene rings is 2. The number of nitrogens with zero attached hydrogens (tertiary/aromatic N) is 1. The second-order valence-corrected chi connectivity index (χ2v) is 7.85. The topological polar surface area (TPSA) is 101 Å². The Morgan fingerprint density at radius 1 is 1.26 bits per heavy atom. The van der Waals surface area contributed by atoms with Crippen molar-refractivity contribution in [2.45, 2.75) is 20.0 Å². The van der Waals surface area contributed by atoms with Crippen molar-refractivity contribution in [3.8, 4) is 11.8 Å². The fraction of sp³-hybridized carbons (Fsp3) is 0.231. The van der Waals surface area contributed by atoms with Crippen LogP contribution in [0.15, 0.2) is 83.9 Å². The highest BCUT2D eigenvalue weighted by Gasteiger charge is 2.23. The highest BCUT2D eigenvalue weighted by atomic mass is 35.5. The lowest BCUT2D eigenvalue weighted by Crippen LogP contribution is -2.23. The van der Waals surface area contributed by atoms with Crippen molar-refractivity contribution in [1.29, 1.82) is 5.26 Å². The summed E-state index contributed by atoms with van der Waals surface area (Å²) in [6.07, 6.45) is 5.50. The van der Waals surface area contributed by atoms with Gasteiger partial charge in [0.2, 0.25) is 0 Å². The number of aliphatic hydroxyl groups is 1. The Balaban J connectivity index is 1.61. The van der Waals surface area contributed by atoms with Gasteiger partial charge in [0, 0.05) is 22.6 Å². The molecule has 7 nitrogen and oxygen atoms in total. The summed E-state index contributed by atoms with van der Waals surface area (Å²) in [6, 6.07) is 15.5. The number of hydrogen-bond donors (Lipinski definition) is 2. The fourth-order valence-corrected chi connectivity index (χ4v) is 3.50. The van der Waals surface area contributed by atoms with E-state index >= 15 is 0 Å². The number of hydrogen-bond acceptors (Lipinski definition) is 6. The van der Waals surface area contributed by atoms with Crippen LogP contribution in [-0.2, 0) is 16.2 Å². The highest BCUT2D eigenvalue weighted by molar-refractivity contribution is 6.30. The maximum absolute atomic E-state index is 12.3. The van der Waals surface area contributed by atoms with Gasteiger partial charge in [0.1, 0.15) is 17.3 Å². The van der Waals surface area contributed by atoms with Crippen LogP contribution in [0.3, 0.4) is 0 Å². The first-order valence-corrected chi connectivity index (χ1v) is 11.1. The average Bonchev–Trinajstić information content (AvgIpc) is 2.85. The van der Waals surface area contributed by atoms with Crippen molar-refractivity contribution < 1.29 is 24.2 Å². The second kappa shape index (κ2) is 12.6. The molecule has 1 saturated heterocycles. The number of ether oxygens (including phenoxy) is 2. The van der Waals surface area contributed by atoms with E-state index in [9.17, 15) is 9.90 Å². The predicted octanol–water partition coefficient (Wildman–Crippen LogP) is 4.85. The number of amides is 1. The van der Waals surface area contributed by atoms with Crippen LogP contribution in [0, 0.1) is 17.2 Å². The second-order valence-electron chi connectivity index (χ2n) is 7.42. The molecule has 176 valence electrons. The molecule has 1 heterocycles. The molecule has 2 aromatic carbocycles. The fourth-order valence-electron chi connectivity index (χ4n) is 3.37. The van der Waals surface area contributed by atoms with Crippen LogP contribution in [-0.4, -0.2) is 24.2 Å². The summed E-state index contributed by atoms with van der Waals surface area (Å²) in [5.41, 5.74) is 4.51. The molecule has 0 spiro atoms. The first kappa shape index (κ1) is 25.1. The maximum Gasteiger partial charge on any atom is 0.274 e. The molecule has 8 heteroatoms. The van der Waals surface area contributed by atoms with Crippen molar-refractivity contribution >= 4 is 17.5 Å². The maximum atomic E-state index is 12.3. The number of carbonyl (C=O) groups excluding carboxylic acids is 1. The largest absolute Gasteiger partial charge is 0.493 e. The molecule has 1 fully saturated rings. The van der Waals surface area contributed by atoms with Gasteiger partial charge in [-0.2, -0.15) is 5.26 Å². The summed E-state index contributed by atoms with van der Waals surface area (Å²) >= 11 is 5.85. The van der Waals surface area contributed by atoms with Gasteiger partial charge in [-0.3, -0.25) is 9.63 Å². The van der Waals surface area contributed by atoms with E-state index in [-0.39, 0.29) is 24.9 Å². The molecule has 0 aromatic heterocycles. The zero-order valence-electron chi connectivity index (χ0n) is 18.7. The van der Waals surface area contributed by atoms with Crippen LogP contribution in [0.4, 0.5) is 0 Å². The van der Waals surface area contributed by atoms with E-state index in [1.807, 2.05) is 31.2 Å².